The average Bonchev–Trinajstić information content (AvgIpc) is 3.47. The summed E-state index contributed by atoms with van der Waals surface area (Å²) in [6.45, 7) is 3.06. The maximum Gasteiger partial charge on any atom is 0.290 e. The fourth-order valence-electron chi connectivity index (χ4n) is 3.63. The van der Waals surface area contributed by atoms with Crippen molar-refractivity contribution >= 4 is 15.7 Å². The van der Waals surface area contributed by atoms with Crippen LogP contribution in [-0.2, 0) is 21.1 Å². The minimum absolute atomic E-state index is 0.0733. The molecule has 6 nitrogen and oxygen atoms in total. The molecule has 1 aliphatic heterocycles. The number of hydrogen-bond acceptors (Lipinski definition) is 5. The van der Waals surface area contributed by atoms with Crippen LogP contribution < -0.4 is 0 Å². The molecule has 0 bridgehead atoms. The number of aryl methyl sites for hydroxylation is 1. The van der Waals surface area contributed by atoms with Crippen molar-refractivity contribution in [2.75, 3.05) is 13.2 Å². The number of halogens is 1. The molecule has 4 rings (SSSR count). The topological polar surface area (TPSA) is 76.8 Å². The Morgan fingerprint density at radius 2 is 1.78 bits per heavy atom. The number of benzene rings is 2. The van der Waals surface area contributed by atoms with Gasteiger partial charge in [0.1, 0.15) is 5.82 Å². The van der Waals surface area contributed by atoms with Crippen LogP contribution in [0.15, 0.2) is 75.1 Å². The highest BCUT2D eigenvalue weighted by Crippen LogP contribution is 2.25. The van der Waals surface area contributed by atoms with E-state index in [1.165, 1.54) is 36.4 Å². The van der Waals surface area contributed by atoms with E-state index in [0.717, 1.165) is 24.0 Å². The van der Waals surface area contributed by atoms with Gasteiger partial charge in [-0.3, -0.25) is 4.79 Å². The van der Waals surface area contributed by atoms with Crippen molar-refractivity contribution in [3.05, 3.63) is 83.4 Å². The van der Waals surface area contributed by atoms with E-state index >= 15 is 0 Å². The predicted molar refractivity (Wildman–Crippen MR) is 115 cm³/mol. The lowest BCUT2D eigenvalue weighted by Crippen LogP contribution is -2.36. The van der Waals surface area contributed by atoms with Crippen LogP contribution in [0.25, 0.3) is 0 Å². The van der Waals surface area contributed by atoms with Crippen LogP contribution in [0.4, 0.5) is 4.39 Å². The summed E-state index contributed by atoms with van der Waals surface area (Å²) in [4.78, 5) is 14.9. The summed E-state index contributed by atoms with van der Waals surface area (Å²) < 4.78 is 50.2. The predicted octanol–water partition coefficient (Wildman–Crippen LogP) is 4.38. The van der Waals surface area contributed by atoms with Gasteiger partial charge in [-0.05, 0) is 61.7 Å². The van der Waals surface area contributed by atoms with Gasteiger partial charge in [-0.1, -0.05) is 29.8 Å². The van der Waals surface area contributed by atoms with Crippen molar-refractivity contribution in [2.45, 2.75) is 42.4 Å². The van der Waals surface area contributed by atoms with E-state index < -0.39 is 15.7 Å². The van der Waals surface area contributed by atoms with E-state index in [1.807, 2.05) is 6.92 Å². The molecule has 2 heterocycles. The normalized spacial score (nSPS) is 16.2. The van der Waals surface area contributed by atoms with E-state index in [-0.39, 0.29) is 34.2 Å². The van der Waals surface area contributed by atoms with Gasteiger partial charge in [0, 0.05) is 19.7 Å². The summed E-state index contributed by atoms with van der Waals surface area (Å²) in [7, 11) is -3.88. The van der Waals surface area contributed by atoms with Gasteiger partial charge < -0.3 is 14.1 Å². The Morgan fingerprint density at radius 3 is 2.44 bits per heavy atom. The van der Waals surface area contributed by atoms with Crippen molar-refractivity contribution in [3.8, 4) is 0 Å². The number of nitrogens with zero attached hydrogens (tertiary/aromatic N) is 1. The molecular formula is C24H24FNO5S. The summed E-state index contributed by atoms with van der Waals surface area (Å²) in [5.41, 5.74) is 1.68. The molecule has 8 heteroatoms. The molecule has 0 saturated carbocycles. The molecular weight excluding hydrogens is 433 g/mol. The fraction of sp³-hybridized carbons (Fsp3) is 0.292. The molecule has 1 aromatic heterocycles. The van der Waals surface area contributed by atoms with Crippen LogP contribution in [0.2, 0.25) is 0 Å². The Kier molecular flexibility index (Phi) is 6.43. The summed E-state index contributed by atoms with van der Waals surface area (Å²) in [6, 6.07) is 15.0. The highest BCUT2D eigenvalue weighted by molar-refractivity contribution is 7.91. The number of ether oxygens (including phenoxy) is 1. The smallest absolute Gasteiger partial charge is 0.290 e. The molecule has 1 atom stereocenters. The first kappa shape index (κ1) is 22.2. The van der Waals surface area contributed by atoms with Crippen LogP contribution in [0.5, 0.6) is 0 Å². The van der Waals surface area contributed by atoms with Crippen LogP contribution >= 0.6 is 0 Å². The number of carbonyl (C=O) groups excluding carboxylic acids is 1. The molecule has 1 fully saturated rings. The van der Waals surface area contributed by atoms with Crippen molar-refractivity contribution in [2.24, 2.45) is 0 Å². The molecule has 0 N–H and O–H groups in total. The van der Waals surface area contributed by atoms with Crippen molar-refractivity contribution in [3.63, 3.8) is 0 Å². The third-order valence-corrected chi connectivity index (χ3v) is 7.05. The summed E-state index contributed by atoms with van der Waals surface area (Å²) in [6.07, 6.45) is 1.64. The van der Waals surface area contributed by atoms with Gasteiger partial charge in [0.25, 0.3) is 5.91 Å². The van der Waals surface area contributed by atoms with E-state index in [0.29, 0.717) is 13.2 Å². The summed E-state index contributed by atoms with van der Waals surface area (Å²) in [5.74, 6) is -0.881. The number of rotatable bonds is 7. The van der Waals surface area contributed by atoms with E-state index in [9.17, 15) is 17.6 Å². The molecule has 2 aromatic carbocycles. The minimum Gasteiger partial charge on any atom is -0.439 e. The van der Waals surface area contributed by atoms with Crippen molar-refractivity contribution in [1.29, 1.82) is 0 Å². The highest BCUT2D eigenvalue weighted by atomic mass is 32.2. The monoisotopic (exact) mass is 457 g/mol. The minimum atomic E-state index is -3.88. The lowest BCUT2D eigenvalue weighted by Gasteiger charge is -2.24. The average molecular weight is 458 g/mol. The number of sulfone groups is 1. The molecule has 1 aliphatic rings. The molecule has 0 aliphatic carbocycles. The van der Waals surface area contributed by atoms with Gasteiger partial charge in [-0.25, -0.2) is 12.8 Å². The maximum absolute atomic E-state index is 13.3. The van der Waals surface area contributed by atoms with Crippen LogP contribution in [0.1, 0.15) is 34.5 Å². The van der Waals surface area contributed by atoms with Gasteiger partial charge >= 0.3 is 0 Å². The zero-order valence-corrected chi connectivity index (χ0v) is 18.5. The van der Waals surface area contributed by atoms with Gasteiger partial charge in [0.15, 0.2) is 5.76 Å². The van der Waals surface area contributed by atoms with Gasteiger partial charge in [0.05, 0.1) is 11.0 Å². The Hall–Kier alpha value is -2.97. The second-order valence-corrected chi connectivity index (χ2v) is 9.76. The summed E-state index contributed by atoms with van der Waals surface area (Å²) >= 11 is 0. The lowest BCUT2D eigenvalue weighted by atomic mass is 10.1. The number of carbonyl (C=O) groups is 1. The zero-order valence-electron chi connectivity index (χ0n) is 17.7. The van der Waals surface area contributed by atoms with E-state index in [4.69, 9.17) is 9.15 Å². The Morgan fingerprint density at radius 1 is 1.06 bits per heavy atom. The number of amides is 1. The SMILES string of the molecule is Cc1ccc(S(=O)(=O)c2ccc(C(=O)N(Cc3ccc(F)cc3)CC3CCCO3)o2)cc1. The van der Waals surface area contributed by atoms with Gasteiger partial charge in [-0.15, -0.1) is 0 Å². The molecule has 0 radical (unpaired) electrons. The quantitative estimate of drug-likeness (QED) is 0.526. The van der Waals surface area contributed by atoms with Crippen LogP contribution in [0, 0.1) is 12.7 Å². The highest BCUT2D eigenvalue weighted by Gasteiger charge is 2.28. The maximum atomic E-state index is 13.3. The molecule has 3 aromatic rings. The number of furan rings is 1. The molecule has 168 valence electrons. The van der Waals surface area contributed by atoms with Crippen LogP contribution in [-0.4, -0.2) is 38.5 Å². The third-order valence-electron chi connectivity index (χ3n) is 5.41. The largest absolute Gasteiger partial charge is 0.439 e. The Labute approximate surface area is 186 Å². The van der Waals surface area contributed by atoms with Crippen molar-refractivity contribution in [1.82, 2.24) is 4.90 Å². The first-order valence-electron chi connectivity index (χ1n) is 10.4. The number of hydrogen-bond donors (Lipinski definition) is 0. The molecule has 1 amide bonds. The molecule has 1 saturated heterocycles. The second kappa shape index (κ2) is 9.26. The molecule has 0 spiro atoms. The zero-order chi connectivity index (χ0) is 22.7. The Bertz CT molecular complexity index is 1180. The second-order valence-electron chi connectivity index (χ2n) is 7.88. The van der Waals surface area contributed by atoms with Gasteiger partial charge in [0.2, 0.25) is 14.9 Å². The summed E-state index contributed by atoms with van der Waals surface area (Å²) in [5, 5.41) is -0.288. The fourth-order valence-corrected chi connectivity index (χ4v) is 4.81. The molecule has 32 heavy (non-hydrogen) atoms. The molecule has 1 unspecified atom stereocenters. The first-order chi connectivity index (χ1) is 15.3. The lowest BCUT2D eigenvalue weighted by molar-refractivity contribution is 0.0480. The van der Waals surface area contributed by atoms with E-state index in [2.05, 4.69) is 0 Å². The van der Waals surface area contributed by atoms with Crippen LogP contribution in [0.3, 0.4) is 0 Å². The van der Waals surface area contributed by atoms with E-state index in [1.54, 1.807) is 29.2 Å². The Balaban J connectivity index is 1.58. The third kappa shape index (κ3) is 4.92. The van der Waals surface area contributed by atoms with Gasteiger partial charge in [-0.2, -0.15) is 0 Å². The standard InChI is InChI=1S/C24H24FNO5S/c1-17-4-10-21(11-5-17)32(28,29)23-13-12-22(31-23)24(27)26(16-20-3-2-14-30-20)15-18-6-8-19(25)9-7-18/h4-13,20H,2-3,14-16H2,1H3. The first-order valence-corrected chi connectivity index (χ1v) is 11.9. The van der Waals surface area contributed by atoms with Crippen molar-refractivity contribution < 1.29 is 26.8 Å².